The molecule has 2 aromatic heterocycles. The Morgan fingerprint density at radius 2 is 1.75 bits per heavy atom. The fraction of sp³-hybridized carbons (Fsp3) is 0.250. The van der Waals surface area contributed by atoms with Crippen molar-refractivity contribution >= 4 is 5.65 Å². The second-order valence-corrected chi connectivity index (χ2v) is 5.37. The third kappa shape index (κ3) is 2.07. The minimum atomic E-state index is -1.40. The number of hydrogen-bond acceptors (Lipinski definition) is 2. The lowest BCUT2D eigenvalue weighted by atomic mass is 9.91. The van der Waals surface area contributed by atoms with Crippen molar-refractivity contribution in [1.29, 1.82) is 0 Å². The maximum Gasteiger partial charge on any atom is 0.163 e. The summed E-state index contributed by atoms with van der Waals surface area (Å²) < 4.78 is 16.2. The van der Waals surface area contributed by atoms with E-state index in [1.807, 2.05) is 49.5 Å². The van der Waals surface area contributed by atoms with Gasteiger partial charge in [0.25, 0.3) is 0 Å². The second kappa shape index (κ2) is 4.40. The molecule has 0 saturated heterocycles. The first-order valence-corrected chi connectivity index (χ1v) is 6.57. The molecule has 0 amide bonds. The van der Waals surface area contributed by atoms with Gasteiger partial charge >= 0.3 is 0 Å². The van der Waals surface area contributed by atoms with Gasteiger partial charge in [-0.3, -0.25) is 0 Å². The first-order chi connectivity index (χ1) is 9.47. The molecule has 1 aromatic carbocycles. The third-order valence-corrected chi connectivity index (χ3v) is 3.33. The number of hydrogen-bond donors (Lipinski definition) is 0. The summed E-state index contributed by atoms with van der Waals surface area (Å²) in [4.78, 5) is 4.44. The van der Waals surface area contributed by atoms with E-state index < -0.39 is 5.67 Å². The predicted octanol–water partition coefficient (Wildman–Crippen LogP) is 3.91. The van der Waals surface area contributed by atoms with Crippen LogP contribution in [0.4, 0.5) is 4.39 Å². The van der Waals surface area contributed by atoms with E-state index in [0.29, 0.717) is 11.4 Å². The summed E-state index contributed by atoms with van der Waals surface area (Å²) in [5.74, 6) is 0.703. The van der Waals surface area contributed by atoms with Crippen LogP contribution in [0.15, 0.2) is 42.6 Å². The molecule has 0 aliphatic carbocycles. The highest BCUT2D eigenvalue weighted by Crippen LogP contribution is 2.35. The molecule has 0 unspecified atom stereocenters. The van der Waals surface area contributed by atoms with Crippen molar-refractivity contribution in [2.75, 3.05) is 0 Å². The Labute approximate surface area is 117 Å². The molecule has 20 heavy (non-hydrogen) atoms. The van der Waals surface area contributed by atoms with E-state index in [9.17, 15) is 4.39 Å². The molecule has 0 fully saturated rings. The second-order valence-electron chi connectivity index (χ2n) is 5.37. The van der Waals surface area contributed by atoms with Crippen LogP contribution in [0, 0.1) is 6.92 Å². The molecular formula is C16H16FN3. The Kier molecular flexibility index (Phi) is 2.82. The Bertz CT molecular complexity index is 769. The summed E-state index contributed by atoms with van der Waals surface area (Å²) in [7, 11) is 0. The van der Waals surface area contributed by atoms with Gasteiger partial charge in [-0.05, 0) is 44.0 Å². The Hall–Kier alpha value is -2.23. The van der Waals surface area contributed by atoms with Gasteiger partial charge in [-0.2, -0.15) is 5.10 Å². The molecule has 3 aromatic rings. The van der Waals surface area contributed by atoms with Gasteiger partial charge in [-0.15, -0.1) is 0 Å². The molecule has 0 radical (unpaired) electrons. The van der Waals surface area contributed by atoms with Crippen LogP contribution >= 0.6 is 0 Å². The zero-order valence-electron chi connectivity index (χ0n) is 11.8. The quantitative estimate of drug-likeness (QED) is 0.706. The Morgan fingerprint density at radius 3 is 2.50 bits per heavy atom. The molecule has 0 aliphatic heterocycles. The van der Waals surface area contributed by atoms with Crippen molar-refractivity contribution in [3.8, 4) is 11.1 Å². The topological polar surface area (TPSA) is 30.2 Å². The highest BCUT2D eigenvalue weighted by molar-refractivity contribution is 5.80. The van der Waals surface area contributed by atoms with Crippen LogP contribution in [-0.4, -0.2) is 14.6 Å². The lowest BCUT2D eigenvalue weighted by molar-refractivity contribution is 0.222. The van der Waals surface area contributed by atoms with Gasteiger partial charge in [0, 0.05) is 11.8 Å². The molecule has 0 saturated carbocycles. The monoisotopic (exact) mass is 269 g/mol. The zero-order valence-corrected chi connectivity index (χ0v) is 11.8. The van der Waals surface area contributed by atoms with Crippen LogP contribution in [0.5, 0.6) is 0 Å². The number of pyridine rings is 1. The van der Waals surface area contributed by atoms with Crippen LogP contribution < -0.4 is 0 Å². The number of rotatable bonds is 2. The smallest absolute Gasteiger partial charge is 0.163 e. The summed E-state index contributed by atoms with van der Waals surface area (Å²) in [6.07, 6.45) is 1.85. The molecule has 102 valence electrons. The minimum absolute atomic E-state index is 0.661. The highest BCUT2D eigenvalue weighted by atomic mass is 19.1. The molecule has 0 spiro atoms. The summed E-state index contributed by atoms with van der Waals surface area (Å²) in [5.41, 5.74) is 1.77. The van der Waals surface area contributed by atoms with E-state index in [-0.39, 0.29) is 0 Å². The first kappa shape index (κ1) is 12.8. The SMILES string of the molecule is Cc1nc2c(-c3ccccc3C(C)(C)F)cccn2n1. The molecule has 0 bridgehead atoms. The van der Waals surface area contributed by atoms with Gasteiger partial charge in [0.05, 0.1) is 0 Å². The zero-order chi connectivity index (χ0) is 14.3. The highest BCUT2D eigenvalue weighted by Gasteiger charge is 2.23. The molecule has 3 rings (SSSR count). The van der Waals surface area contributed by atoms with Crippen LogP contribution in [0.25, 0.3) is 16.8 Å². The number of alkyl halides is 1. The van der Waals surface area contributed by atoms with Gasteiger partial charge in [-0.25, -0.2) is 13.9 Å². The van der Waals surface area contributed by atoms with Gasteiger partial charge in [-0.1, -0.05) is 24.3 Å². The van der Waals surface area contributed by atoms with Crippen LogP contribution in [0.2, 0.25) is 0 Å². The molecule has 0 aliphatic rings. The number of aromatic nitrogens is 3. The number of halogens is 1. The van der Waals surface area contributed by atoms with Gasteiger partial charge < -0.3 is 0 Å². The largest absolute Gasteiger partial charge is 0.239 e. The maximum atomic E-state index is 14.4. The lowest BCUT2D eigenvalue weighted by Crippen LogP contribution is -2.10. The first-order valence-electron chi connectivity index (χ1n) is 6.57. The van der Waals surface area contributed by atoms with Crippen molar-refractivity contribution in [3.63, 3.8) is 0 Å². The Morgan fingerprint density at radius 1 is 1.05 bits per heavy atom. The third-order valence-electron chi connectivity index (χ3n) is 3.33. The van der Waals surface area contributed by atoms with Gasteiger partial charge in [0.15, 0.2) is 5.65 Å². The molecule has 2 heterocycles. The lowest BCUT2D eigenvalue weighted by Gasteiger charge is -2.19. The summed E-state index contributed by atoms with van der Waals surface area (Å²) in [5, 5.41) is 4.30. The molecule has 0 atom stereocenters. The van der Waals surface area contributed by atoms with Gasteiger partial charge in [0.1, 0.15) is 11.5 Å². The molecular weight excluding hydrogens is 253 g/mol. The standard InChI is InChI=1S/C16H16FN3/c1-11-18-15-13(8-6-10-20(15)19-11)12-7-4-5-9-14(12)16(2,3)17/h4-10H,1-3H3. The van der Waals surface area contributed by atoms with E-state index >= 15 is 0 Å². The predicted molar refractivity (Wildman–Crippen MR) is 77.3 cm³/mol. The van der Waals surface area contributed by atoms with E-state index in [0.717, 1.165) is 16.8 Å². The number of aryl methyl sites for hydroxylation is 1. The molecule has 3 nitrogen and oxygen atoms in total. The number of benzene rings is 1. The van der Waals surface area contributed by atoms with Crippen molar-refractivity contribution in [1.82, 2.24) is 14.6 Å². The fourth-order valence-corrected chi connectivity index (χ4v) is 2.46. The van der Waals surface area contributed by atoms with Crippen LogP contribution in [0.1, 0.15) is 25.2 Å². The maximum absolute atomic E-state index is 14.4. The summed E-state index contributed by atoms with van der Waals surface area (Å²) in [6, 6.07) is 11.4. The van der Waals surface area contributed by atoms with E-state index in [1.54, 1.807) is 18.4 Å². The fourth-order valence-electron chi connectivity index (χ4n) is 2.46. The average Bonchev–Trinajstić information content (AvgIpc) is 2.77. The van der Waals surface area contributed by atoms with E-state index in [2.05, 4.69) is 10.1 Å². The summed E-state index contributed by atoms with van der Waals surface area (Å²) >= 11 is 0. The van der Waals surface area contributed by atoms with E-state index in [4.69, 9.17) is 0 Å². The van der Waals surface area contributed by atoms with Crippen molar-refractivity contribution in [2.45, 2.75) is 26.4 Å². The minimum Gasteiger partial charge on any atom is -0.239 e. The molecule has 0 N–H and O–H groups in total. The van der Waals surface area contributed by atoms with Gasteiger partial charge in [0.2, 0.25) is 0 Å². The van der Waals surface area contributed by atoms with Crippen molar-refractivity contribution < 1.29 is 4.39 Å². The van der Waals surface area contributed by atoms with Crippen molar-refractivity contribution in [3.05, 3.63) is 54.0 Å². The average molecular weight is 269 g/mol. The summed E-state index contributed by atoms with van der Waals surface area (Å²) in [6.45, 7) is 4.99. The van der Waals surface area contributed by atoms with Crippen molar-refractivity contribution in [2.24, 2.45) is 0 Å². The van der Waals surface area contributed by atoms with Crippen LogP contribution in [-0.2, 0) is 5.67 Å². The van der Waals surface area contributed by atoms with E-state index in [1.165, 1.54) is 0 Å². The Balaban J connectivity index is 2.32. The van der Waals surface area contributed by atoms with Crippen LogP contribution in [0.3, 0.4) is 0 Å². The number of nitrogens with zero attached hydrogens (tertiary/aromatic N) is 3. The normalized spacial score (nSPS) is 12.0. The molecule has 4 heteroatoms. The number of fused-ring (bicyclic) bond motifs is 1.